The molecule has 6 nitrogen and oxygen atoms in total. The van der Waals surface area contributed by atoms with E-state index in [2.05, 4.69) is 4.90 Å². The number of halogens is 1. The first-order chi connectivity index (χ1) is 13.1. The molecule has 2 saturated heterocycles. The summed E-state index contributed by atoms with van der Waals surface area (Å²) in [5, 5.41) is 0. The van der Waals surface area contributed by atoms with Gasteiger partial charge in [0.15, 0.2) is 0 Å². The number of hydrogen-bond acceptors (Lipinski definition) is 4. The number of amides is 2. The van der Waals surface area contributed by atoms with Gasteiger partial charge in [-0.2, -0.15) is 0 Å². The predicted octanol–water partition coefficient (Wildman–Crippen LogP) is 0.860. The zero-order chi connectivity index (χ0) is 18.9. The minimum atomic E-state index is -0.478. The molecule has 4 rings (SSSR count). The zero-order valence-corrected chi connectivity index (χ0v) is 15.5. The van der Waals surface area contributed by atoms with E-state index in [0.717, 1.165) is 31.5 Å². The number of rotatable bonds is 4. The predicted molar refractivity (Wildman–Crippen MR) is 97.7 cm³/mol. The van der Waals surface area contributed by atoms with E-state index in [1.54, 1.807) is 12.1 Å². The van der Waals surface area contributed by atoms with E-state index in [9.17, 15) is 14.0 Å². The van der Waals surface area contributed by atoms with Gasteiger partial charge < -0.3 is 14.5 Å². The molecule has 3 aliphatic rings. The first-order valence-electron chi connectivity index (χ1n) is 9.72. The van der Waals surface area contributed by atoms with E-state index < -0.39 is 5.41 Å². The van der Waals surface area contributed by atoms with E-state index in [1.165, 1.54) is 12.1 Å². The Bertz CT molecular complexity index is 691. The summed E-state index contributed by atoms with van der Waals surface area (Å²) >= 11 is 0. The van der Waals surface area contributed by atoms with Crippen molar-refractivity contribution >= 4 is 11.8 Å². The monoisotopic (exact) mass is 375 g/mol. The van der Waals surface area contributed by atoms with E-state index >= 15 is 0 Å². The van der Waals surface area contributed by atoms with Crippen LogP contribution in [-0.4, -0.2) is 85.5 Å². The maximum absolute atomic E-state index is 13.2. The van der Waals surface area contributed by atoms with Gasteiger partial charge >= 0.3 is 0 Å². The lowest BCUT2D eigenvalue weighted by Crippen LogP contribution is -2.55. The highest BCUT2D eigenvalue weighted by Crippen LogP contribution is 2.49. The molecule has 0 aromatic heterocycles. The number of carbonyl (C=O) groups is 2. The van der Waals surface area contributed by atoms with Crippen LogP contribution >= 0.6 is 0 Å². The topological polar surface area (TPSA) is 53.1 Å². The number of morpholine rings is 1. The summed E-state index contributed by atoms with van der Waals surface area (Å²) in [6.45, 7) is 5.67. The van der Waals surface area contributed by atoms with Gasteiger partial charge in [-0.05, 0) is 30.5 Å². The van der Waals surface area contributed by atoms with Crippen molar-refractivity contribution in [3.8, 4) is 0 Å². The van der Waals surface area contributed by atoms with Gasteiger partial charge in [0, 0.05) is 39.3 Å². The standard InChI is InChI=1S/C20H26FN3O3/c21-17-3-1-16(2-4-17)20(5-6-20)19(26)24-9-7-23(8-10-24)18(25)15-22-11-13-27-14-12-22/h1-4H,5-15H2. The van der Waals surface area contributed by atoms with Gasteiger partial charge in [0.1, 0.15) is 5.82 Å². The molecule has 27 heavy (non-hydrogen) atoms. The summed E-state index contributed by atoms with van der Waals surface area (Å²) in [7, 11) is 0. The first kappa shape index (κ1) is 18.4. The van der Waals surface area contributed by atoms with Crippen LogP contribution in [0.15, 0.2) is 24.3 Å². The quantitative estimate of drug-likeness (QED) is 0.783. The van der Waals surface area contributed by atoms with Crippen molar-refractivity contribution < 1.29 is 18.7 Å². The molecule has 0 radical (unpaired) electrons. The molecule has 7 heteroatoms. The summed E-state index contributed by atoms with van der Waals surface area (Å²) in [6, 6.07) is 6.29. The largest absolute Gasteiger partial charge is 0.379 e. The summed E-state index contributed by atoms with van der Waals surface area (Å²) in [5.74, 6) is -0.0348. The fraction of sp³-hybridized carbons (Fsp3) is 0.600. The first-order valence-corrected chi connectivity index (χ1v) is 9.72. The Labute approximate surface area is 158 Å². The average molecular weight is 375 g/mol. The smallest absolute Gasteiger partial charge is 0.236 e. The lowest BCUT2D eigenvalue weighted by Gasteiger charge is -2.37. The van der Waals surface area contributed by atoms with Crippen LogP contribution in [0.2, 0.25) is 0 Å². The van der Waals surface area contributed by atoms with Crippen LogP contribution < -0.4 is 0 Å². The third kappa shape index (κ3) is 3.84. The summed E-state index contributed by atoms with van der Waals surface area (Å²) in [4.78, 5) is 31.4. The molecule has 1 aromatic carbocycles. The lowest BCUT2D eigenvalue weighted by atomic mass is 9.94. The van der Waals surface area contributed by atoms with Gasteiger partial charge in [-0.25, -0.2) is 4.39 Å². The van der Waals surface area contributed by atoms with Crippen LogP contribution in [0, 0.1) is 5.82 Å². The number of nitrogens with zero attached hydrogens (tertiary/aromatic N) is 3. The second-order valence-electron chi connectivity index (χ2n) is 7.65. The van der Waals surface area contributed by atoms with Crippen LogP contribution in [0.1, 0.15) is 18.4 Å². The van der Waals surface area contributed by atoms with Crippen LogP contribution in [0.5, 0.6) is 0 Å². The van der Waals surface area contributed by atoms with Crippen molar-refractivity contribution in [1.29, 1.82) is 0 Å². The molecule has 146 valence electrons. The Hall–Kier alpha value is -1.99. The Kier molecular flexibility index (Phi) is 5.14. The Morgan fingerprint density at radius 1 is 0.926 bits per heavy atom. The van der Waals surface area contributed by atoms with Gasteiger partial charge in [0.05, 0.1) is 25.2 Å². The second kappa shape index (κ2) is 7.56. The minimum Gasteiger partial charge on any atom is -0.379 e. The fourth-order valence-electron chi connectivity index (χ4n) is 4.03. The Morgan fingerprint density at radius 2 is 1.52 bits per heavy atom. The third-order valence-corrected chi connectivity index (χ3v) is 5.94. The molecule has 0 unspecified atom stereocenters. The molecule has 2 amide bonds. The molecule has 2 aliphatic heterocycles. The van der Waals surface area contributed by atoms with E-state index in [0.29, 0.717) is 45.9 Å². The molecule has 1 aliphatic carbocycles. The van der Waals surface area contributed by atoms with Gasteiger partial charge in [-0.1, -0.05) is 12.1 Å². The summed E-state index contributed by atoms with van der Waals surface area (Å²) < 4.78 is 18.5. The molecule has 3 fully saturated rings. The molecule has 2 heterocycles. The van der Waals surface area contributed by atoms with Crippen molar-refractivity contribution in [2.75, 3.05) is 59.0 Å². The highest BCUT2D eigenvalue weighted by Gasteiger charge is 2.53. The average Bonchev–Trinajstić information content (AvgIpc) is 3.51. The normalized spacial score (nSPS) is 22.6. The molecule has 1 saturated carbocycles. The Morgan fingerprint density at radius 3 is 2.11 bits per heavy atom. The molecule has 0 atom stereocenters. The maximum Gasteiger partial charge on any atom is 0.236 e. The third-order valence-electron chi connectivity index (χ3n) is 5.94. The van der Waals surface area contributed by atoms with Crippen molar-refractivity contribution in [3.63, 3.8) is 0 Å². The van der Waals surface area contributed by atoms with E-state index in [1.807, 2.05) is 9.80 Å². The van der Waals surface area contributed by atoms with Gasteiger partial charge in [0.2, 0.25) is 11.8 Å². The van der Waals surface area contributed by atoms with Crippen molar-refractivity contribution in [1.82, 2.24) is 14.7 Å². The van der Waals surface area contributed by atoms with Gasteiger partial charge in [0.25, 0.3) is 0 Å². The molecule has 0 spiro atoms. The van der Waals surface area contributed by atoms with Gasteiger partial charge in [-0.3, -0.25) is 14.5 Å². The van der Waals surface area contributed by atoms with Crippen molar-refractivity contribution in [2.24, 2.45) is 0 Å². The highest BCUT2D eigenvalue weighted by atomic mass is 19.1. The highest BCUT2D eigenvalue weighted by molar-refractivity contribution is 5.91. The molecular weight excluding hydrogens is 349 g/mol. The molecular formula is C20H26FN3O3. The molecule has 0 bridgehead atoms. The number of piperazine rings is 1. The van der Waals surface area contributed by atoms with Crippen LogP contribution in [-0.2, 0) is 19.7 Å². The fourth-order valence-corrected chi connectivity index (χ4v) is 4.03. The Balaban J connectivity index is 1.31. The van der Waals surface area contributed by atoms with E-state index in [4.69, 9.17) is 4.74 Å². The number of carbonyl (C=O) groups excluding carboxylic acids is 2. The van der Waals surface area contributed by atoms with Crippen LogP contribution in [0.4, 0.5) is 4.39 Å². The van der Waals surface area contributed by atoms with Gasteiger partial charge in [-0.15, -0.1) is 0 Å². The zero-order valence-electron chi connectivity index (χ0n) is 15.5. The molecule has 0 N–H and O–H groups in total. The van der Waals surface area contributed by atoms with Crippen LogP contribution in [0.3, 0.4) is 0 Å². The molecule has 1 aromatic rings. The van der Waals surface area contributed by atoms with Crippen molar-refractivity contribution in [3.05, 3.63) is 35.6 Å². The number of ether oxygens (including phenoxy) is 1. The maximum atomic E-state index is 13.2. The van der Waals surface area contributed by atoms with Crippen molar-refractivity contribution in [2.45, 2.75) is 18.3 Å². The number of benzene rings is 1. The second-order valence-corrected chi connectivity index (χ2v) is 7.65. The lowest BCUT2D eigenvalue weighted by molar-refractivity contribution is -0.142. The van der Waals surface area contributed by atoms with Crippen LogP contribution in [0.25, 0.3) is 0 Å². The summed E-state index contributed by atoms with van der Waals surface area (Å²) in [6.07, 6.45) is 1.63. The number of hydrogen-bond donors (Lipinski definition) is 0. The minimum absolute atomic E-state index is 0.120. The summed E-state index contributed by atoms with van der Waals surface area (Å²) in [5.41, 5.74) is 0.424. The SMILES string of the molecule is O=C(CN1CCOCC1)N1CCN(C(=O)C2(c3ccc(F)cc3)CC2)CC1. The van der Waals surface area contributed by atoms with E-state index in [-0.39, 0.29) is 17.6 Å².